The number of hydrogen-bond donors (Lipinski definition) is 1. The second kappa shape index (κ2) is 5.12. The lowest BCUT2D eigenvalue weighted by atomic mass is 9.96. The molecule has 17 heavy (non-hydrogen) atoms. The van der Waals surface area contributed by atoms with Gasteiger partial charge in [-0.15, -0.1) is 5.10 Å². The summed E-state index contributed by atoms with van der Waals surface area (Å²) in [4.78, 5) is 0. The summed E-state index contributed by atoms with van der Waals surface area (Å²) in [5.74, 6) is 1.82. The molecule has 0 radical (unpaired) electrons. The molecular formula is C12H21N5. The topological polar surface area (TPSA) is 55.6 Å². The van der Waals surface area contributed by atoms with Crippen LogP contribution in [0.25, 0.3) is 0 Å². The van der Waals surface area contributed by atoms with E-state index in [9.17, 15) is 0 Å². The average molecular weight is 235 g/mol. The summed E-state index contributed by atoms with van der Waals surface area (Å²) in [7, 11) is 0. The summed E-state index contributed by atoms with van der Waals surface area (Å²) in [6.07, 6.45) is 8.79. The molecule has 2 fully saturated rings. The number of hydrogen-bond acceptors (Lipinski definition) is 4. The Bertz CT molecular complexity index is 350. The van der Waals surface area contributed by atoms with Gasteiger partial charge in [0.25, 0.3) is 0 Å². The number of aromatic nitrogens is 4. The third-order valence-corrected chi connectivity index (χ3v) is 4.10. The smallest absolute Gasteiger partial charge is 0.151 e. The minimum absolute atomic E-state index is 0.566. The van der Waals surface area contributed by atoms with Crippen molar-refractivity contribution < 1.29 is 0 Å². The summed E-state index contributed by atoms with van der Waals surface area (Å²) in [6, 6.07) is 0.566. The molecule has 0 spiro atoms. The number of nitrogens with zero attached hydrogens (tertiary/aromatic N) is 4. The highest BCUT2D eigenvalue weighted by Crippen LogP contribution is 2.29. The molecule has 1 saturated heterocycles. The summed E-state index contributed by atoms with van der Waals surface area (Å²) in [5, 5.41) is 15.8. The monoisotopic (exact) mass is 235 g/mol. The van der Waals surface area contributed by atoms with Crippen LogP contribution in [0.5, 0.6) is 0 Å². The van der Waals surface area contributed by atoms with Crippen molar-refractivity contribution in [1.29, 1.82) is 0 Å². The normalized spacial score (nSPS) is 26.5. The van der Waals surface area contributed by atoms with Crippen molar-refractivity contribution in [2.45, 2.75) is 51.0 Å². The Balaban J connectivity index is 1.67. The maximum Gasteiger partial charge on any atom is 0.151 e. The van der Waals surface area contributed by atoms with Gasteiger partial charge in [-0.1, -0.05) is 12.8 Å². The van der Waals surface area contributed by atoms with Crippen LogP contribution in [0.15, 0.2) is 0 Å². The fraction of sp³-hybridized carbons (Fsp3) is 0.917. The SMILES string of the molecule is C1CNCC(Cc2nnnn2C2CCCC2)C1. The molecule has 5 heteroatoms. The molecule has 1 aliphatic heterocycles. The van der Waals surface area contributed by atoms with Gasteiger partial charge in [-0.25, -0.2) is 4.68 Å². The number of rotatable bonds is 3. The molecule has 0 amide bonds. The van der Waals surface area contributed by atoms with Gasteiger partial charge in [-0.05, 0) is 55.1 Å². The Hall–Kier alpha value is -0.970. The zero-order valence-electron chi connectivity index (χ0n) is 10.3. The van der Waals surface area contributed by atoms with Gasteiger partial charge in [-0.3, -0.25) is 0 Å². The van der Waals surface area contributed by atoms with Crippen LogP contribution in [0.3, 0.4) is 0 Å². The molecule has 2 heterocycles. The van der Waals surface area contributed by atoms with E-state index in [0.29, 0.717) is 6.04 Å². The van der Waals surface area contributed by atoms with Gasteiger partial charge < -0.3 is 5.32 Å². The summed E-state index contributed by atoms with van der Waals surface area (Å²) in [6.45, 7) is 2.29. The van der Waals surface area contributed by atoms with E-state index in [2.05, 4.69) is 25.5 Å². The maximum atomic E-state index is 4.23. The lowest BCUT2D eigenvalue weighted by Crippen LogP contribution is -2.31. The molecule has 0 bridgehead atoms. The van der Waals surface area contributed by atoms with Gasteiger partial charge in [0.1, 0.15) is 0 Å². The lowest BCUT2D eigenvalue weighted by molar-refractivity contribution is 0.354. The molecular weight excluding hydrogens is 214 g/mol. The number of tetrazole rings is 1. The standard InChI is InChI=1S/C12H21N5/c1-2-6-11(5-1)17-12(14-15-16-17)8-10-4-3-7-13-9-10/h10-11,13H,1-9H2. The van der Waals surface area contributed by atoms with Crippen molar-refractivity contribution in [3.05, 3.63) is 5.82 Å². The van der Waals surface area contributed by atoms with Crippen molar-refractivity contribution in [2.24, 2.45) is 5.92 Å². The van der Waals surface area contributed by atoms with Gasteiger partial charge in [0, 0.05) is 6.42 Å². The first kappa shape index (κ1) is 11.1. The Morgan fingerprint density at radius 3 is 2.82 bits per heavy atom. The van der Waals surface area contributed by atoms with E-state index in [1.807, 2.05) is 0 Å². The second-order valence-corrected chi connectivity index (χ2v) is 5.39. The predicted octanol–water partition coefficient (Wildman–Crippen LogP) is 1.33. The quantitative estimate of drug-likeness (QED) is 0.858. The van der Waals surface area contributed by atoms with Crippen LogP contribution in [0.2, 0.25) is 0 Å². The van der Waals surface area contributed by atoms with Gasteiger partial charge in [0.2, 0.25) is 0 Å². The first-order valence-corrected chi connectivity index (χ1v) is 6.91. The molecule has 3 rings (SSSR count). The molecule has 1 aromatic heterocycles. The van der Waals surface area contributed by atoms with Crippen LogP contribution >= 0.6 is 0 Å². The fourth-order valence-electron chi connectivity index (χ4n) is 3.14. The number of piperidine rings is 1. The minimum atomic E-state index is 0.566. The lowest BCUT2D eigenvalue weighted by Gasteiger charge is -2.22. The second-order valence-electron chi connectivity index (χ2n) is 5.39. The van der Waals surface area contributed by atoms with Crippen LogP contribution in [-0.2, 0) is 6.42 Å². The first-order valence-electron chi connectivity index (χ1n) is 6.91. The maximum absolute atomic E-state index is 4.23. The number of nitrogens with one attached hydrogen (secondary N) is 1. The molecule has 1 aromatic rings. The molecule has 1 N–H and O–H groups in total. The van der Waals surface area contributed by atoms with E-state index in [1.54, 1.807) is 0 Å². The Labute approximate surface area is 102 Å². The van der Waals surface area contributed by atoms with E-state index in [4.69, 9.17) is 0 Å². The van der Waals surface area contributed by atoms with Crippen molar-refractivity contribution in [2.75, 3.05) is 13.1 Å². The zero-order valence-corrected chi connectivity index (χ0v) is 10.3. The van der Waals surface area contributed by atoms with Gasteiger partial charge >= 0.3 is 0 Å². The Kier molecular flexibility index (Phi) is 3.36. The van der Waals surface area contributed by atoms with Gasteiger partial charge in [-0.2, -0.15) is 0 Å². The van der Waals surface area contributed by atoms with E-state index in [0.717, 1.165) is 24.7 Å². The highest BCUT2D eigenvalue weighted by atomic mass is 15.5. The van der Waals surface area contributed by atoms with Crippen molar-refractivity contribution in [3.63, 3.8) is 0 Å². The van der Waals surface area contributed by atoms with Crippen LogP contribution in [0, 0.1) is 5.92 Å². The zero-order chi connectivity index (χ0) is 11.5. The third kappa shape index (κ3) is 2.49. The molecule has 2 aliphatic rings. The van der Waals surface area contributed by atoms with Crippen LogP contribution in [0.1, 0.15) is 50.4 Å². The fourth-order valence-corrected chi connectivity index (χ4v) is 3.14. The third-order valence-electron chi connectivity index (χ3n) is 4.10. The summed E-state index contributed by atoms with van der Waals surface area (Å²) in [5.41, 5.74) is 0. The van der Waals surface area contributed by atoms with Crippen molar-refractivity contribution in [3.8, 4) is 0 Å². The van der Waals surface area contributed by atoms with E-state index >= 15 is 0 Å². The molecule has 5 nitrogen and oxygen atoms in total. The van der Waals surface area contributed by atoms with Crippen molar-refractivity contribution >= 4 is 0 Å². The average Bonchev–Trinajstić information content (AvgIpc) is 3.00. The van der Waals surface area contributed by atoms with E-state index in [-0.39, 0.29) is 0 Å². The highest BCUT2D eigenvalue weighted by Gasteiger charge is 2.23. The Morgan fingerprint density at radius 1 is 1.18 bits per heavy atom. The largest absolute Gasteiger partial charge is 0.316 e. The van der Waals surface area contributed by atoms with Crippen molar-refractivity contribution in [1.82, 2.24) is 25.5 Å². The molecule has 1 saturated carbocycles. The molecule has 1 aliphatic carbocycles. The first-order chi connectivity index (χ1) is 8.43. The molecule has 1 unspecified atom stereocenters. The van der Waals surface area contributed by atoms with Crippen LogP contribution < -0.4 is 5.32 Å². The van der Waals surface area contributed by atoms with E-state index < -0.39 is 0 Å². The molecule has 94 valence electrons. The van der Waals surface area contributed by atoms with E-state index in [1.165, 1.54) is 45.1 Å². The van der Waals surface area contributed by atoms with Crippen LogP contribution in [-0.4, -0.2) is 33.3 Å². The Morgan fingerprint density at radius 2 is 2.06 bits per heavy atom. The molecule has 0 aromatic carbocycles. The molecule has 1 atom stereocenters. The van der Waals surface area contributed by atoms with Gasteiger partial charge in [0.05, 0.1) is 6.04 Å². The summed E-state index contributed by atoms with van der Waals surface area (Å²) >= 11 is 0. The predicted molar refractivity (Wildman–Crippen MR) is 64.6 cm³/mol. The summed E-state index contributed by atoms with van der Waals surface area (Å²) < 4.78 is 2.10. The van der Waals surface area contributed by atoms with Crippen LogP contribution in [0.4, 0.5) is 0 Å². The minimum Gasteiger partial charge on any atom is -0.316 e. The highest BCUT2D eigenvalue weighted by molar-refractivity contribution is 4.90. The van der Waals surface area contributed by atoms with Gasteiger partial charge in [0.15, 0.2) is 5.82 Å².